The van der Waals surface area contributed by atoms with Crippen molar-refractivity contribution < 1.29 is 27.4 Å². The molecule has 1 aliphatic heterocycles. The maximum absolute atomic E-state index is 12.2. The summed E-state index contributed by atoms with van der Waals surface area (Å²) in [5.74, 6) is 0.211. The van der Waals surface area contributed by atoms with Crippen LogP contribution in [-0.4, -0.2) is 34.3 Å². The van der Waals surface area contributed by atoms with Crippen LogP contribution in [0.15, 0.2) is 35.5 Å². The lowest BCUT2D eigenvalue weighted by Crippen LogP contribution is -2.51. The molecule has 0 N–H and O–H groups in total. The smallest absolute Gasteiger partial charge is 0.455 e. The third kappa shape index (κ3) is 4.41. The van der Waals surface area contributed by atoms with Gasteiger partial charge < -0.3 is 14.2 Å². The maximum Gasteiger partial charge on any atom is 0.573 e. The van der Waals surface area contributed by atoms with E-state index in [2.05, 4.69) is 21.4 Å². The Morgan fingerprint density at radius 1 is 1.37 bits per heavy atom. The van der Waals surface area contributed by atoms with Crippen LogP contribution in [0.4, 0.5) is 19.0 Å². The molecule has 0 amide bonds. The Hall–Kier alpha value is -2.55. The van der Waals surface area contributed by atoms with E-state index in [1.165, 1.54) is 24.3 Å². The first-order valence-electron chi connectivity index (χ1n) is 8.41. The van der Waals surface area contributed by atoms with E-state index in [0.717, 1.165) is 5.56 Å². The Balaban J connectivity index is 1.68. The van der Waals surface area contributed by atoms with Crippen molar-refractivity contribution in [2.75, 3.05) is 0 Å². The fraction of sp³-hybridized carbons (Fsp3) is 0.444. The first-order chi connectivity index (χ1) is 12.7. The van der Waals surface area contributed by atoms with Crippen LogP contribution in [0.1, 0.15) is 25.8 Å². The Labute approximate surface area is 154 Å². The van der Waals surface area contributed by atoms with Gasteiger partial charge in [-0.15, -0.1) is 13.2 Å². The lowest BCUT2D eigenvalue weighted by atomic mass is 9.94. The molecule has 0 unspecified atom stereocenters. The SMILES string of the molecule is C=Nc1cn2c(n1)O[C@](C)(CC)[C@@H](OCc1ccc(OC(F)(F)F)cc1)C2. The molecule has 3 rings (SSSR count). The molecule has 6 nitrogen and oxygen atoms in total. The summed E-state index contributed by atoms with van der Waals surface area (Å²) >= 11 is 0. The molecule has 0 saturated heterocycles. The molecule has 1 aromatic heterocycles. The number of ether oxygens (including phenoxy) is 3. The Morgan fingerprint density at radius 2 is 2.07 bits per heavy atom. The number of aromatic nitrogens is 2. The molecule has 146 valence electrons. The molecule has 1 aliphatic rings. The minimum atomic E-state index is -4.71. The minimum absolute atomic E-state index is 0.229. The number of hydrogen-bond acceptors (Lipinski definition) is 5. The topological polar surface area (TPSA) is 57.9 Å². The molecular formula is C18H20F3N3O3. The fourth-order valence-electron chi connectivity index (χ4n) is 2.83. The van der Waals surface area contributed by atoms with Crippen LogP contribution in [0.2, 0.25) is 0 Å². The van der Waals surface area contributed by atoms with Gasteiger partial charge in [-0.1, -0.05) is 19.1 Å². The second-order valence-electron chi connectivity index (χ2n) is 6.45. The van der Waals surface area contributed by atoms with Crippen LogP contribution in [0.25, 0.3) is 0 Å². The first kappa shape index (κ1) is 19.2. The Kier molecular flexibility index (Phi) is 5.14. The molecule has 2 atom stereocenters. The van der Waals surface area contributed by atoms with E-state index < -0.39 is 12.0 Å². The number of halogens is 3. The van der Waals surface area contributed by atoms with Gasteiger partial charge in [0.15, 0.2) is 5.82 Å². The van der Waals surface area contributed by atoms with Gasteiger partial charge in [0.25, 0.3) is 6.01 Å². The standard InChI is InChI=1S/C18H20F3N3O3/c1-4-17(2)14(9-24-10-15(22-3)23-16(24)27-17)25-11-12-5-7-13(8-6-12)26-18(19,20)21/h5-8,10,14H,3-4,9,11H2,1-2H3/t14-,17+/m0/s1. The van der Waals surface area contributed by atoms with Crippen LogP contribution < -0.4 is 9.47 Å². The van der Waals surface area contributed by atoms with Crippen LogP contribution in [0.3, 0.4) is 0 Å². The van der Waals surface area contributed by atoms with E-state index in [9.17, 15) is 13.2 Å². The van der Waals surface area contributed by atoms with Crippen LogP contribution >= 0.6 is 0 Å². The van der Waals surface area contributed by atoms with Crippen LogP contribution in [0, 0.1) is 0 Å². The van der Waals surface area contributed by atoms with E-state index in [0.29, 0.717) is 24.8 Å². The highest BCUT2D eigenvalue weighted by atomic mass is 19.4. The highest BCUT2D eigenvalue weighted by molar-refractivity contribution is 5.40. The van der Waals surface area contributed by atoms with Crippen molar-refractivity contribution >= 4 is 12.5 Å². The van der Waals surface area contributed by atoms with Crippen LogP contribution in [-0.2, 0) is 17.9 Å². The molecule has 0 spiro atoms. The largest absolute Gasteiger partial charge is 0.573 e. The fourth-order valence-corrected chi connectivity index (χ4v) is 2.83. The summed E-state index contributed by atoms with van der Waals surface area (Å²) in [6, 6.07) is 6.07. The minimum Gasteiger partial charge on any atom is -0.455 e. The van der Waals surface area contributed by atoms with Gasteiger partial charge in [-0.2, -0.15) is 4.98 Å². The van der Waals surface area contributed by atoms with Gasteiger partial charge in [0, 0.05) is 0 Å². The van der Waals surface area contributed by atoms with Gasteiger partial charge in [-0.3, -0.25) is 4.57 Å². The number of alkyl halides is 3. The van der Waals surface area contributed by atoms with Crippen molar-refractivity contribution in [3.05, 3.63) is 36.0 Å². The number of hydrogen-bond donors (Lipinski definition) is 0. The summed E-state index contributed by atoms with van der Waals surface area (Å²) in [5, 5.41) is 0. The average molecular weight is 383 g/mol. The molecule has 1 aromatic carbocycles. The van der Waals surface area contributed by atoms with Crippen molar-refractivity contribution in [2.45, 2.75) is 51.5 Å². The summed E-state index contributed by atoms with van der Waals surface area (Å²) in [7, 11) is 0. The summed E-state index contributed by atoms with van der Waals surface area (Å²) in [5.41, 5.74) is 0.145. The Bertz CT molecular complexity index is 804. The summed E-state index contributed by atoms with van der Waals surface area (Å²) in [6.45, 7) is 8.15. The number of rotatable bonds is 6. The summed E-state index contributed by atoms with van der Waals surface area (Å²) < 4.78 is 54.4. The van der Waals surface area contributed by atoms with E-state index in [-0.39, 0.29) is 18.5 Å². The van der Waals surface area contributed by atoms with E-state index in [1.807, 2.05) is 18.4 Å². The Morgan fingerprint density at radius 3 is 2.67 bits per heavy atom. The van der Waals surface area contributed by atoms with E-state index in [1.54, 1.807) is 6.20 Å². The van der Waals surface area contributed by atoms with Crippen molar-refractivity contribution in [2.24, 2.45) is 4.99 Å². The van der Waals surface area contributed by atoms with Gasteiger partial charge in [-0.05, 0) is 37.8 Å². The molecule has 0 bridgehead atoms. The zero-order chi connectivity index (χ0) is 19.7. The molecule has 0 saturated carbocycles. The van der Waals surface area contributed by atoms with Gasteiger partial charge in [-0.25, -0.2) is 4.99 Å². The van der Waals surface area contributed by atoms with Gasteiger partial charge in [0.05, 0.1) is 19.3 Å². The molecule has 9 heteroatoms. The summed E-state index contributed by atoms with van der Waals surface area (Å²) in [6.07, 6.45) is -2.55. The quantitative estimate of drug-likeness (QED) is 0.700. The van der Waals surface area contributed by atoms with Crippen molar-refractivity contribution in [3.8, 4) is 11.8 Å². The van der Waals surface area contributed by atoms with Gasteiger partial charge in [0.1, 0.15) is 17.5 Å². The van der Waals surface area contributed by atoms with Crippen molar-refractivity contribution in [1.82, 2.24) is 9.55 Å². The number of imidazole rings is 1. The van der Waals surface area contributed by atoms with Crippen molar-refractivity contribution in [1.29, 1.82) is 0 Å². The number of benzene rings is 1. The third-order valence-electron chi connectivity index (χ3n) is 4.57. The van der Waals surface area contributed by atoms with Crippen molar-refractivity contribution in [3.63, 3.8) is 0 Å². The second-order valence-corrected chi connectivity index (χ2v) is 6.45. The molecule has 2 heterocycles. The third-order valence-corrected chi connectivity index (χ3v) is 4.57. The maximum atomic E-state index is 12.2. The summed E-state index contributed by atoms with van der Waals surface area (Å²) in [4.78, 5) is 8.06. The van der Waals surface area contributed by atoms with E-state index in [4.69, 9.17) is 9.47 Å². The monoisotopic (exact) mass is 383 g/mol. The number of nitrogens with zero attached hydrogens (tertiary/aromatic N) is 3. The van der Waals surface area contributed by atoms with E-state index >= 15 is 0 Å². The van der Waals surface area contributed by atoms with Crippen LogP contribution in [0.5, 0.6) is 11.8 Å². The molecule has 2 aromatic rings. The highest BCUT2D eigenvalue weighted by Gasteiger charge is 2.41. The molecule has 0 aliphatic carbocycles. The highest BCUT2D eigenvalue weighted by Crippen LogP contribution is 2.34. The molecule has 0 fully saturated rings. The lowest BCUT2D eigenvalue weighted by molar-refractivity contribution is -0.274. The lowest BCUT2D eigenvalue weighted by Gasteiger charge is -2.40. The zero-order valence-electron chi connectivity index (χ0n) is 15.0. The predicted molar refractivity (Wildman–Crippen MR) is 92.5 cm³/mol. The normalized spacial score (nSPS) is 22.0. The van der Waals surface area contributed by atoms with Gasteiger partial charge in [0.2, 0.25) is 0 Å². The molecule has 27 heavy (non-hydrogen) atoms. The number of fused-ring (bicyclic) bond motifs is 1. The predicted octanol–water partition coefficient (Wildman–Crippen LogP) is 4.26. The first-order valence-corrected chi connectivity index (χ1v) is 8.41. The number of aliphatic imine (C=N–C) groups is 1. The average Bonchev–Trinajstić information content (AvgIpc) is 3.01. The second kappa shape index (κ2) is 7.22. The molecule has 0 radical (unpaired) electrons. The van der Waals surface area contributed by atoms with Gasteiger partial charge >= 0.3 is 6.36 Å². The molecular weight excluding hydrogens is 363 g/mol. The zero-order valence-corrected chi connectivity index (χ0v) is 15.0.